The molecule has 0 fully saturated rings. The van der Waals surface area contributed by atoms with Crippen LogP contribution >= 0.6 is 11.8 Å². The van der Waals surface area contributed by atoms with Gasteiger partial charge in [0.05, 0.1) is 7.11 Å². The Labute approximate surface area is 105 Å². The zero-order chi connectivity index (χ0) is 12.1. The Morgan fingerprint density at radius 2 is 1.94 bits per heavy atom. The first-order valence-electron chi connectivity index (χ1n) is 5.33. The Balaban J connectivity index is 1.97. The van der Waals surface area contributed by atoms with E-state index >= 15 is 0 Å². The van der Waals surface area contributed by atoms with Gasteiger partial charge in [0, 0.05) is 17.6 Å². The van der Waals surface area contributed by atoms with Crippen LogP contribution in [0.5, 0.6) is 5.75 Å². The van der Waals surface area contributed by atoms with E-state index in [2.05, 4.69) is 22.1 Å². The van der Waals surface area contributed by atoms with E-state index < -0.39 is 0 Å². The van der Waals surface area contributed by atoms with Crippen molar-refractivity contribution in [2.24, 2.45) is 0 Å². The number of hydrogen-bond acceptors (Lipinski definition) is 4. The SMILES string of the molecule is COc1ccc(CSc2nccc(C)n2)cc1. The molecule has 1 aromatic heterocycles. The number of rotatable bonds is 4. The number of thioether (sulfide) groups is 1. The highest BCUT2D eigenvalue weighted by Crippen LogP contribution is 2.20. The minimum absolute atomic E-state index is 0.820. The van der Waals surface area contributed by atoms with Gasteiger partial charge in [0.15, 0.2) is 5.16 Å². The van der Waals surface area contributed by atoms with Crippen LogP contribution in [-0.4, -0.2) is 17.1 Å². The molecule has 2 aromatic rings. The predicted octanol–water partition coefficient (Wildman–Crippen LogP) is 3.09. The van der Waals surface area contributed by atoms with E-state index in [4.69, 9.17) is 4.74 Å². The van der Waals surface area contributed by atoms with E-state index in [0.29, 0.717) is 0 Å². The Morgan fingerprint density at radius 1 is 1.18 bits per heavy atom. The Morgan fingerprint density at radius 3 is 2.59 bits per heavy atom. The van der Waals surface area contributed by atoms with Gasteiger partial charge in [-0.25, -0.2) is 9.97 Å². The standard InChI is InChI=1S/C13H14N2OS/c1-10-7-8-14-13(15-10)17-9-11-3-5-12(16-2)6-4-11/h3-8H,9H2,1-2H3. The molecule has 0 aliphatic rings. The molecule has 1 aromatic carbocycles. The Kier molecular flexibility index (Phi) is 3.98. The maximum Gasteiger partial charge on any atom is 0.188 e. The molecule has 3 nitrogen and oxygen atoms in total. The fourth-order valence-corrected chi connectivity index (χ4v) is 2.20. The molecule has 0 unspecified atom stereocenters. The van der Waals surface area contributed by atoms with Crippen molar-refractivity contribution >= 4 is 11.8 Å². The zero-order valence-corrected chi connectivity index (χ0v) is 10.7. The zero-order valence-electron chi connectivity index (χ0n) is 9.88. The molecule has 0 N–H and O–H groups in total. The van der Waals surface area contributed by atoms with Crippen molar-refractivity contribution in [3.05, 3.63) is 47.8 Å². The van der Waals surface area contributed by atoms with Crippen LogP contribution < -0.4 is 4.74 Å². The van der Waals surface area contributed by atoms with Crippen LogP contribution in [0.4, 0.5) is 0 Å². The number of hydrogen-bond donors (Lipinski definition) is 0. The van der Waals surface area contributed by atoms with E-state index in [1.165, 1.54) is 5.56 Å². The van der Waals surface area contributed by atoms with Gasteiger partial charge in [-0.2, -0.15) is 0 Å². The number of aromatic nitrogens is 2. The molecule has 0 aliphatic heterocycles. The van der Waals surface area contributed by atoms with Gasteiger partial charge in [-0.3, -0.25) is 0 Å². The molecule has 17 heavy (non-hydrogen) atoms. The molecular formula is C13H14N2OS. The van der Waals surface area contributed by atoms with Gasteiger partial charge in [-0.05, 0) is 30.7 Å². The Hall–Kier alpha value is -1.55. The van der Waals surface area contributed by atoms with Crippen molar-refractivity contribution in [2.45, 2.75) is 17.8 Å². The lowest BCUT2D eigenvalue weighted by molar-refractivity contribution is 0.414. The summed E-state index contributed by atoms with van der Waals surface area (Å²) in [7, 11) is 1.67. The van der Waals surface area contributed by atoms with Crippen molar-refractivity contribution < 1.29 is 4.74 Å². The second kappa shape index (κ2) is 5.68. The third kappa shape index (κ3) is 3.46. The highest BCUT2D eigenvalue weighted by atomic mass is 32.2. The summed E-state index contributed by atoms with van der Waals surface area (Å²) in [6, 6.07) is 9.95. The summed E-state index contributed by atoms with van der Waals surface area (Å²) in [5, 5.41) is 0.820. The summed E-state index contributed by atoms with van der Waals surface area (Å²) in [5.74, 6) is 1.75. The summed E-state index contributed by atoms with van der Waals surface area (Å²) in [5.41, 5.74) is 2.23. The highest BCUT2D eigenvalue weighted by molar-refractivity contribution is 7.98. The molecule has 0 atom stereocenters. The number of benzene rings is 1. The number of aryl methyl sites for hydroxylation is 1. The lowest BCUT2D eigenvalue weighted by atomic mass is 10.2. The van der Waals surface area contributed by atoms with Crippen molar-refractivity contribution in [1.82, 2.24) is 9.97 Å². The normalized spacial score (nSPS) is 10.2. The van der Waals surface area contributed by atoms with Crippen LogP contribution in [-0.2, 0) is 5.75 Å². The molecule has 1 heterocycles. The molecule has 0 bridgehead atoms. The van der Waals surface area contributed by atoms with Crippen molar-refractivity contribution in [2.75, 3.05) is 7.11 Å². The largest absolute Gasteiger partial charge is 0.497 e. The topological polar surface area (TPSA) is 35.0 Å². The quantitative estimate of drug-likeness (QED) is 0.613. The van der Waals surface area contributed by atoms with E-state index in [0.717, 1.165) is 22.4 Å². The summed E-state index contributed by atoms with van der Waals surface area (Å²) in [6.45, 7) is 1.97. The molecule has 4 heteroatoms. The molecule has 0 spiro atoms. The summed E-state index contributed by atoms with van der Waals surface area (Å²) >= 11 is 1.64. The first-order valence-corrected chi connectivity index (χ1v) is 6.32. The van der Waals surface area contributed by atoms with Crippen molar-refractivity contribution in [3.8, 4) is 5.75 Å². The average molecular weight is 246 g/mol. The van der Waals surface area contributed by atoms with Crippen molar-refractivity contribution in [1.29, 1.82) is 0 Å². The molecule has 0 saturated heterocycles. The minimum atomic E-state index is 0.820. The first kappa shape index (κ1) is 11.9. The second-order valence-electron chi connectivity index (χ2n) is 3.62. The summed E-state index contributed by atoms with van der Waals surface area (Å²) in [6.07, 6.45) is 1.79. The van der Waals surface area contributed by atoms with Gasteiger partial charge in [-0.1, -0.05) is 23.9 Å². The highest BCUT2D eigenvalue weighted by Gasteiger charge is 1.99. The van der Waals surface area contributed by atoms with Crippen LogP contribution in [0.15, 0.2) is 41.7 Å². The fourth-order valence-electron chi connectivity index (χ4n) is 1.37. The number of nitrogens with zero attached hydrogens (tertiary/aromatic N) is 2. The molecule has 88 valence electrons. The smallest absolute Gasteiger partial charge is 0.188 e. The first-order chi connectivity index (χ1) is 8.28. The molecular weight excluding hydrogens is 232 g/mol. The molecule has 2 rings (SSSR count). The van der Waals surface area contributed by atoms with E-state index in [1.54, 1.807) is 25.1 Å². The fraction of sp³-hybridized carbons (Fsp3) is 0.231. The van der Waals surface area contributed by atoms with E-state index in [-0.39, 0.29) is 0 Å². The van der Waals surface area contributed by atoms with Crippen LogP contribution in [0.1, 0.15) is 11.3 Å². The van der Waals surface area contributed by atoms with Gasteiger partial charge in [0.25, 0.3) is 0 Å². The van der Waals surface area contributed by atoms with Gasteiger partial charge >= 0.3 is 0 Å². The third-order valence-corrected chi connectivity index (χ3v) is 3.23. The van der Waals surface area contributed by atoms with Crippen LogP contribution in [0.3, 0.4) is 0 Å². The van der Waals surface area contributed by atoms with Gasteiger partial charge < -0.3 is 4.74 Å². The summed E-state index contributed by atoms with van der Waals surface area (Å²) in [4.78, 5) is 8.56. The molecule has 0 saturated carbocycles. The van der Waals surface area contributed by atoms with E-state index in [9.17, 15) is 0 Å². The lowest BCUT2D eigenvalue weighted by Crippen LogP contribution is -1.89. The lowest BCUT2D eigenvalue weighted by Gasteiger charge is -2.03. The minimum Gasteiger partial charge on any atom is -0.497 e. The second-order valence-corrected chi connectivity index (χ2v) is 4.56. The van der Waals surface area contributed by atoms with E-state index in [1.807, 2.05) is 25.1 Å². The number of ether oxygens (including phenoxy) is 1. The maximum absolute atomic E-state index is 5.12. The van der Waals surface area contributed by atoms with Crippen LogP contribution in [0.2, 0.25) is 0 Å². The third-order valence-electron chi connectivity index (χ3n) is 2.30. The van der Waals surface area contributed by atoms with Gasteiger partial charge in [0.1, 0.15) is 5.75 Å². The van der Waals surface area contributed by atoms with Gasteiger partial charge in [-0.15, -0.1) is 0 Å². The van der Waals surface area contributed by atoms with Crippen molar-refractivity contribution in [3.63, 3.8) is 0 Å². The average Bonchev–Trinajstić information content (AvgIpc) is 2.37. The molecule has 0 radical (unpaired) electrons. The molecule has 0 aliphatic carbocycles. The monoisotopic (exact) mass is 246 g/mol. The predicted molar refractivity (Wildman–Crippen MR) is 69.3 cm³/mol. The Bertz CT molecular complexity index is 485. The number of methoxy groups -OCH3 is 1. The van der Waals surface area contributed by atoms with Gasteiger partial charge in [0.2, 0.25) is 0 Å². The summed E-state index contributed by atoms with van der Waals surface area (Å²) < 4.78 is 5.12. The van der Waals surface area contributed by atoms with Crippen LogP contribution in [0, 0.1) is 6.92 Å². The molecule has 0 amide bonds. The van der Waals surface area contributed by atoms with Crippen LogP contribution in [0.25, 0.3) is 0 Å². The maximum atomic E-state index is 5.12.